The topological polar surface area (TPSA) is 32.3 Å². The molecule has 3 aromatic rings. The summed E-state index contributed by atoms with van der Waals surface area (Å²) in [6.07, 6.45) is 0. The maximum Gasteiger partial charge on any atom is 0.246 e. The van der Waals surface area contributed by atoms with E-state index in [1.54, 1.807) is 0 Å². The van der Waals surface area contributed by atoms with Crippen LogP contribution in [0.5, 0.6) is 0 Å². The monoisotopic (exact) mass is 316 g/mol. The first-order valence-corrected chi connectivity index (χ1v) is 8.25. The molecule has 0 saturated heterocycles. The number of hydrogen-bond acceptors (Lipinski definition) is 2. The zero-order valence-corrected chi connectivity index (χ0v) is 14.0. The van der Waals surface area contributed by atoms with E-state index in [0.29, 0.717) is 13.1 Å². The molecule has 1 amide bonds. The Morgan fingerprint density at radius 3 is 2.62 bits per heavy atom. The molecule has 3 heteroatoms. The van der Waals surface area contributed by atoms with E-state index in [-0.39, 0.29) is 5.91 Å². The number of aryl methyl sites for hydroxylation is 2. The fraction of sp³-hybridized carbons (Fsp3) is 0.190. The number of fused-ring (bicyclic) bond motifs is 2. The van der Waals surface area contributed by atoms with Crippen molar-refractivity contribution in [2.24, 2.45) is 0 Å². The lowest BCUT2D eigenvalue weighted by atomic mass is 10.0. The largest absolute Gasteiger partial charge is 0.374 e. The van der Waals surface area contributed by atoms with Crippen LogP contribution < -0.4 is 10.2 Å². The van der Waals surface area contributed by atoms with Crippen LogP contribution in [0, 0.1) is 13.8 Å². The molecule has 0 saturated carbocycles. The lowest BCUT2D eigenvalue weighted by molar-refractivity contribution is -0.117. The van der Waals surface area contributed by atoms with Crippen LogP contribution >= 0.6 is 0 Å². The highest BCUT2D eigenvalue weighted by atomic mass is 16.2. The molecule has 0 bridgehead atoms. The van der Waals surface area contributed by atoms with Crippen molar-refractivity contribution in [2.75, 3.05) is 16.8 Å². The van der Waals surface area contributed by atoms with E-state index in [0.717, 1.165) is 11.4 Å². The Balaban J connectivity index is 1.79. The minimum Gasteiger partial charge on any atom is -0.374 e. The molecular weight excluding hydrogens is 296 g/mol. The molecule has 24 heavy (non-hydrogen) atoms. The van der Waals surface area contributed by atoms with E-state index in [1.165, 1.54) is 27.5 Å². The molecule has 0 atom stereocenters. The Morgan fingerprint density at radius 1 is 1.00 bits per heavy atom. The maximum absolute atomic E-state index is 12.6. The van der Waals surface area contributed by atoms with Gasteiger partial charge in [0.2, 0.25) is 5.91 Å². The molecule has 120 valence electrons. The minimum absolute atomic E-state index is 0.110. The number of carbonyl (C=O) groups excluding carboxylic acids is 1. The standard InChI is InChI=1S/C21H20N2O/c1-14-10-19-20(11-15(14)2)23(21(24)12-22-19)13-17-8-5-7-16-6-3-4-9-18(16)17/h3-11,22H,12-13H2,1-2H3. The first-order valence-electron chi connectivity index (χ1n) is 8.25. The third-order valence-electron chi connectivity index (χ3n) is 4.84. The van der Waals surface area contributed by atoms with Crippen molar-refractivity contribution in [1.82, 2.24) is 0 Å². The highest BCUT2D eigenvalue weighted by Crippen LogP contribution is 2.34. The Bertz CT molecular complexity index is 940. The van der Waals surface area contributed by atoms with Gasteiger partial charge in [0.15, 0.2) is 0 Å². The maximum atomic E-state index is 12.6. The summed E-state index contributed by atoms with van der Waals surface area (Å²) >= 11 is 0. The first-order chi connectivity index (χ1) is 11.6. The van der Waals surface area contributed by atoms with Gasteiger partial charge in [-0.25, -0.2) is 0 Å². The zero-order valence-electron chi connectivity index (χ0n) is 14.0. The average molecular weight is 316 g/mol. The number of carbonyl (C=O) groups is 1. The molecule has 0 fully saturated rings. The molecule has 4 rings (SSSR count). The van der Waals surface area contributed by atoms with Crippen molar-refractivity contribution in [3.05, 3.63) is 71.3 Å². The summed E-state index contributed by atoms with van der Waals surface area (Å²) in [5.74, 6) is 0.110. The van der Waals surface area contributed by atoms with E-state index >= 15 is 0 Å². The predicted molar refractivity (Wildman–Crippen MR) is 99.5 cm³/mol. The van der Waals surface area contributed by atoms with Gasteiger partial charge in [-0.1, -0.05) is 42.5 Å². The summed E-state index contributed by atoms with van der Waals surface area (Å²) in [6.45, 7) is 5.13. The summed E-state index contributed by atoms with van der Waals surface area (Å²) in [5, 5.41) is 5.65. The highest BCUT2D eigenvalue weighted by Gasteiger charge is 2.25. The molecule has 0 spiro atoms. The SMILES string of the molecule is Cc1cc2c(cc1C)N(Cc1cccc3ccccc13)C(=O)CN2. The second kappa shape index (κ2) is 5.68. The summed E-state index contributed by atoms with van der Waals surface area (Å²) < 4.78 is 0. The summed E-state index contributed by atoms with van der Waals surface area (Å²) in [7, 11) is 0. The molecule has 3 aromatic carbocycles. The summed E-state index contributed by atoms with van der Waals surface area (Å²) in [4.78, 5) is 14.5. The Morgan fingerprint density at radius 2 is 1.75 bits per heavy atom. The smallest absolute Gasteiger partial charge is 0.246 e. The van der Waals surface area contributed by atoms with Gasteiger partial charge in [0, 0.05) is 0 Å². The van der Waals surface area contributed by atoms with E-state index in [1.807, 2.05) is 17.0 Å². The second-order valence-corrected chi connectivity index (χ2v) is 6.43. The predicted octanol–water partition coefficient (Wildman–Crippen LogP) is 4.42. The molecule has 0 unspecified atom stereocenters. The van der Waals surface area contributed by atoms with Crippen molar-refractivity contribution in [1.29, 1.82) is 0 Å². The normalized spacial score (nSPS) is 13.8. The number of rotatable bonds is 2. The van der Waals surface area contributed by atoms with Gasteiger partial charge in [0.25, 0.3) is 0 Å². The van der Waals surface area contributed by atoms with Crippen molar-refractivity contribution >= 4 is 28.1 Å². The third kappa shape index (κ3) is 2.42. The number of amides is 1. The molecule has 1 aliphatic rings. The van der Waals surface area contributed by atoms with Crippen LogP contribution in [0.4, 0.5) is 11.4 Å². The van der Waals surface area contributed by atoms with E-state index in [4.69, 9.17) is 0 Å². The number of hydrogen-bond donors (Lipinski definition) is 1. The molecular formula is C21H20N2O. The fourth-order valence-electron chi connectivity index (χ4n) is 3.34. The van der Waals surface area contributed by atoms with Crippen LogP contribution in [-0.4, -0.2) is 12.5 Å². The number of nitrogens with zero attached hydrogens (tertiary/aromatic N) is 1. The second-order valence-electron chi connectivity index (χ2n) is 6.43. The van der Waals surface area contributed by atoms with Crippen molar-refractivity contribution in [3.8, 4) is 0 Å². The van der Waals surface area contributed by atoms with Gasteiger partial charge in [0.05, 0.1) is 24.5 Å². The Hall–Kier alpha value is -2.81. The quantitative estimate of drug-likeness (QED) is 0.759. The molecule has 0 aliphatic carbocycles. The van der Waals surface area contributed by atoms with Gasteiger partial charge < -0.3 is 10.2 Å². The van der Waals surface area contributed by atoms with Crippen molar-refractivity contribution < 1.29 is 4.79 Å². The third-order valence-corrected chi connectivity index (χ3v) is 4.84. The number of nitrogens with one attached hydrogen (secondary N) is 1. The summed E-state index contributed by atoms with van der Waals surface area (Å²) in [6, 6.07) is 18.9. The van der Waals surface area contributed by atoms with Crippen molar-refractivity contribution in [2.45, 2.75) is 20.4 Å². The fourth-order valence-corrected chi connectivity index (χ4v) is 3.34. The lowest BCUT2D eigenvalue weighted by Gasteiger charge is -2.31. The van der Waals surface area contributed by atoms with Crippen LogP contribution in [0.3, 0.4) is 0 Å². The van der Waals surface area contributed by atoms with Crippen LogP contribution in [0.1, 0.15) is 16.7 Å². The van der Waals surface area contributed by atoms with Gasteiger partial charge >= 0.3 is 0 Å². The highest BCUT2D eigenvalue weighted by molar-refractivity contribution is 6.03. The molecule has 0 aromatic heterocycles. The molecule has 1 aliphatic heterocycles. The van der Waals surface area contributed by atoms with E-state index in [2.05, 4.69) is 61.6 Å². The van der Waals surface area contributed by atoms with Crippen LogP contribution in [0.15, 0.2) is 54.6 Å². The van der Waals surface area contributed by atoms with Gasteiger partial charge in [-0.3, -0.25) is 4.79 Å². The molecule has 1 heterocycles. The first kappa shape index (κ1) is 14.8. The zero-order chi connectivity index (χ0) is 16.7. The van der Waals surface area contributed by atoms with Gasteiger partial charge in [-0.2, -0.15) is 0 Å². The lowest BCUT2D eigenvalue weighted by Crippen LogP contribution is -2.39. The van der Waals surface area contributed by atoms with Crippen LogP contribution in [-0.2, 0) is 11.3 Å². The van der Waals surface area contributed by atoms with Gasteiger partial charge in [-0.05, 0) is 53.4 Å². The van der Waals surface area contributed by atoms with Gasteiger partial charge in [-0.15, -0.1) is 0 Å². The van der Waals surface area contributed by atoms with Gasteiger partial charge in [0.1, 0.15) is 0 Å². The molecule has 1 N–H and O–H groups in total. The number of anilines is 2. The van der Waals surface area contributed by atoms with Crippen LogP contribution in [0.2, 0.25) is 0 Å². The minimum atomic E-state index is 0.110. The van der Waals surface area contributed by atoms with Crippen LogP contribution in [0.25, 0.3) is 10.8 Å². The average Bonchev–Trinajstić information content (AvgIpc) is 2.59. The van der Waals surface area contributed by atoms with Crippen molar-refractivity contribution in [3.63, 3.8) is 0 Å². The van der Waals surface area contributed by atoms with E-state index < -0.39 is 0 Å². The Labute approximate surface area is 141 Å². The molecule has 3 nitrogen and oxygen atoms in total. The Kier molecular flexibility index (Phi) is 3.49. The number of benzene rings is 3. The molecule has 0 radical (unpaired) electrons. The summed E-state index contributed by atoms with van der Waals surface area (Å²) in [5.41, 5.74) is 5.63. The van der Waals surface area contributed by atoms with E-state index in [9.17, 15) is 4.79 Å².